The second-order valence-corrected chi connectivity index (χ2v) is 27.1. The van der Waals surface area contributed by atoms with Gasteiger partial charge in [-0.25, -0.2) is 28.4 Å². The first-order valence-corrected chi connectivity index (χ1v) is 39.3. The van der Waals surface area contributed by atoms with Crippen LogP contribution in [0.15, 0.2) is 273 Å². The maximum absolute atomic E-state index is 12.2. The minimum atomic E-state index is -2.90. The molecule has 0 saturated carbocycles. The standard InChI is InChI=1S/C24H31FO3.C23H28F2O3.C22H18F2O3.C21H16F2O3.C7H6O2/c1-2-3-4-5-6-7-8-9-10-20-11-15-23(16-12-20)28-24(26)21-13-17-22(18-14-21)27-19-25;1-2-3-4-5-6-7-8-9-18-10-14-20(15-11-18)27-22(26)19-12-16-21(17-13-19)28-23(24)25;1-2-15-3-5-16(6-4-15)17-7-11-19(12-8-17)26-21(25)18-9-13-20(14-10-18)27-22(23)24;1-14-2-4-15(5-3-14)16-6-10-18(11-7-16)25-20(24)17-8-12-19(13-9-17)26-21(22)23;8-7(9)6-4-2-1-3-5-6/h11-18H,2-10,19H2,1H3;10-17,23H,2-9H2,1H3;3-14,22H,2H2,1H3;2-13,21H,1H3;1-5H,(H,8,9). The highest BCUT2D eigenvalue weighted by Gasteiger charge is 2.16. The molecule has 0 saturated heterocycles. The van der Waals surface area contributed by atoms with Gasteiger partial charge in [0.25, 0.3) is 0 Å². The Balaban J connectivity index is 0.000000209. The SMILES string of the molecule is CCCCCCCCCCc1ccc(OC(=O)c2ccc(OCF)cc2)cc1.CCCCCCCCCc1ccc(OC(=O)c2ccc(OC(F)F)cc2)cc1.CCc1ccc(-c2ccc(OC(=O)c3ccc(OC(F)F)cc3)cc2)cc1.Cc1ccc(-c2ccc(OC(=O)c3ccc(OC(F)F)cc3)cc2)cc1.O=C(O)c1ccccc1. The molecular weight excluding hydrogens is 1520 g/mol. The van der Waals surface area contributed by atoms with E-state index in [9.17, 15) is 54.7 Å². The number of rotatable bonds is 37. The molecule has 0 bridgehead atoms. The molecule has 0 radical (unpaired) electrons. The molecule has 0 heterocycles. The lowest BCUT2D eigenvalue weighted by atomic mass is 10.0. The molecule has 11 rings (SSSR count). The number of carboxylic acid groups (broad SMARTS) is 1. The molecule has 118 heavy (non-hydrogen) atoms. The summed E-state index contributed by atoms with van der Waals surface area (Å²) in [5.41, 5.74) is 10.6. The van der Waals surface area contributed by atoms with Crippen LogP contribution in [-0.2, 0) is 19.3 Å². The topological polar surface area (TPSA) is 179 Å². The van der Waals surface area contributed by atoms with Gasteiger partial charge in [0.2, 0.25) is 6.86 Å². The molecule has 0 aromatic heterocycles. The van der Waals surface area contributed by atoms with Crippen molar-refractivity contribution < 1.29 is 97.7 Å². The van der Waals surface area contributed by atoms with Crippen LogP contribution in [0.5, 0.6) is 46.0 Å². The third kappa shape index (κ3) is 35.3. The summed E-state index contributed by atoms with van der Waals surface area (Å²) < 4.78 is 124. The van der Waals surface area contributed by atoms with E-state index < -0.39 is 56.5 Å². The summed E-state index contributed by atoms with van der Waals surface area (Å²) in [5.74, 6) is -0.864. The average molecular weight is 1620 g/mol. The van der Waals surface area contributed by atoms with E-state index in [2.05, 4.69) is 59.2 Å². The van der Waals surface area contributed by atoms with Crippen molar-refractivity contribution >= 4 is 29.8 Å². The lowest BCUT2D eigenvalue weighted by Crippen LogP contribution is -2.09. The summed E-state index contributed by atoms with van der Waals surface area (Å²) >= 11 is 0. The Kier molecular flexibility index (Phi) is 40.9. The predicted molar refractivity (Wildman–Crippen MR) is 444 cm³/mol. The van der Waals surface area contributed by atoms with Gasteiger partial charge >= 0.3 is 49.7 Å². The fourth-order valence-corrected chi connectivity index (χ4v) is 11.6. The fraction of sp³-hybridized carbons (Fsp3) is 0.268. The molecule has 0 amide bonds. The Labute approximate surface area is 685 Å². The lowest BCUT2D eigenvalue weighted by molar-refractivity contribution is -0.0505. The monoisotopic (exact) mass is 1620 g/mol. The zero-order valence-electron chi connectivity index (χ0n) is 66.5. The molecule has 0 aliphatic carbocycles. The Hall–Kier alpha value is -12.5. The molecule has 0 unspecified atom stereocenters. The van der Waals surface area contributed by atoms with Gasteiger partial charge in [-0.2, -0.15) is 26.3 Å². The van der Waals surface area contributed by atoms with Gasteiger partial charge in [-0.3, -0.25) is 0 Å². The number of hydrogen-bond acceptors (Lipinski definition) is 13. The van der Waals surface area contributed by atoms with E-state index in [0.717, 1.165) is 47.9 Å². The van der Waals surface area contributed by atoms with E-state index in [4.69, 9.17) is 28.8 Å². The van der Waals surface area contributed by atoms with Gasteiger partial charge < -0.3 is 43.0 Å². The number of ether oxygens (including phenoxy) is 8. The first kappa shape index (κ1) is 92.6. The van der Waals surface area contributed by atoms with Gasteiger partial charge in [-0.1, -0.05) is 225 Å². The number of hydrogen-bond donors (Lipinski definition) is 1. The third-order valence-corrected chi connectivity index (χ3v) is 18.1. The highest BCUT2D eigenvalue weighted by molar-refractivity contribution is 5.93. The number of unbranched alkanes of at least 4 members (excludes halogenated alkanes) is 13. The van der Waals surface area contributed by atoms with Crippen LogP contribution in [0.3, 0.4) is 0 Å². The molecule has 0 atom stereocenters. The van der Waals surface area contributed by atoms with Crippen LogP contribution in [0.25, 0.3) is 22.3 Å². The molecular formula is C97H99F7O14. The van der Waals surface area contributed by atoms with Crippen LogP contribution in [0.1, 0.15) is 191 Å². The third-order valence-electron chi connectivity index (χ3n) is 18.1. The quantitative estimate of drug-likeness (QED) is 0.0168. The van der Waals surface area contributed by atoms with Crippen molar-refractivity contribution in [1.29, 1.82) is 0 Å². The van der Waals surface area contributed by atoms with Crippen LogP contribution < -0.4 is 37.9 Å². The summed E-state index contributed by atoms with van der Waals surface area (Å²) in [4.78, 5) is 58.8. The van der Waals surface area contributed by atoms with Crippen molar-refractivity contribution in [1.82, 2.24) is 0 Å². The molecule has 11 aromatic carbocycles. The summed E-state index contributed by atoms with van der Waals surface area (Å²) in [6.07, 6.45) is 22.5. The van der Waals surface area contributed by atoms with Gasteiger partial charge in [-0.05, 0) is 236 Å². The van der Waals surface area contributed by atoms with Gasteiger partial charge in [0, 0.05) is 0 Å². The first-order chi connectivity index (χ1) is 57.2. The molecule has 0 spiro atoms. The second kappa shape index (κ2) is 52.1. The van der Waals surface area contributed by atoms with Crippen LogP contribution in [0, 0.1) is 6.92 Å². The Morgan fingerprint density at radius 3 is 0.814 bits per heavy atom. The molecule has 1 N–H and O–H groups in total. The molecule has 21 heteroatoms. The van der Waals surface area contributed by atoms with Crippen molar-refractivity contribution in [2.75, 3.05) is 6.86 Å². The molecule has 0 aliphatic heterocycles. The predicted octanol–water partition coefficient (Wildman–Crippen LogP) is 26.3. The van der Waals surface area contributed by atoms with Crippen LogP contribution in [-0.4, -0.2) is 61.6 Å². The number of aryl methyl sites for hydroxylation is 4. The van der Waals surface area contributed by atoms with Gasteiger partial charge in [-0.15, -0.1) is 0 Å². The number of benzene rings is 11. The maximum atomic E-state index is 12.2. The second-order valence-electron chi connectivity index (χ2n) is 27.1. The Morgan fingerprint density at radius 2 is 0.542 bits per heavy atom. The van der Waals surface area contributed by atoms with E-state index >= 15 is 0 Å². The van der Waals surface area contributed by atoms with Crippen molar-refractivity contribution in [3.05, 3.63) is 323 Å². The highest BCUT2D eigenvalue weighted by Crippen LogP contribution is 2.28. The van der Waals surface area contributed by atoms with Gasteiger partial charge in [0.1, 0.15) is 46.0 Å². The van der Waals surface area contributed by atoms with E-state index in [1.54, 1.807) is 91.0 Å². The van der Waals surface area contributed by atoms with E-state index in [-0.39, 0.29) is 33.9 Å². The molecule has 620 valence electrons. The number of alkyl halides is 7. The van der Waals surface area contributed by atoms with Crippen LogP contribution in [0.4, 0.5) is 30.7 Å². The molecule has 0 fully saturated rings. The molecule has 14 nitrogen and oxygen atoms in total. The van der Waals surface area contributed by atoms with Crippen molar-refractivity contribution in [3.8, 4) is 68.2 Å². The number of aromatic carboxylic acids is 1. The fourth-order valence-electron chi connectivity index (χ4n) is 11.6. The number of carbonyl (C=O) groups excluding carboxylic acids is 4. The Bertz CT molecular complexity index is 4690. The summed E-state index contributed by atoms with van der Waals surface area (Å²) in [5, 5.41) is 8.38. The average Bonchev–Trinajstić information content (AvgIpc) is 0.861. The number of carbonyl (C=O) groups is 5. The first-order valence-electron chi connectivity index (χ1n) is 39.3. The Morgan fingerprint density at radius 1 is 0.288 bits per heavy atom. The zero-order chi connectivity index (χ0) is 84.7. The summed E-state index contributed by atoms with van der Waals surface area (Å²) in [7, 11) is 0. The van der Waals surface area contributed by atoms with Crippen molar-refractivity contribution in [3.63, 3.8) is 0 Å². The van der Waals surface area contributed by atoms with E-state index in [0.29, 0.717) is 39.9 Å². The molecule has 11 aromatic rings. The number of halogens is 7. The zero-order valence-corrected chi connectivity index (χ0v) is 66.5. The smallest absolute Gasteiger partial charge is 0.387 e. The minimum Gasteiger partial charge on any atom is -0.478 e. The normalized spacial score (nSPS) is 10.6. The summed E-state index contributed by atoms with van der Waals surface area (Å²) in [6, 6.07) is 76.6. The number of carboxylic acids is 1. The van der Waals surface area contributed by atoms with Crippen molar-refractivity contribution in [2.45, 2.75) is 163 Å². The molecule has 0 aliphatic rings. The highest BCUT2D eigenvalue weighted by atomic mass is 19.3. The number of esters is 4. The summed E-state index contributed by atoms with van der Waals surface area (Å²) in [6.45, 7) is -0.987. The van der Waals surface area contributed by atoms with E-state index in [1.807, 2.05) is 91.9 Å². The maximum Gasteiger partial charge on any atom is 0.387 e. The van der Waals surface area contributed by atoms with Crippen LogP contribution >= 0.6 is 0 Å². The van der Waals surface area contributed by atoms with Gasteiger partial charge in [0.05, 0.1) is 27.8 Å². The largest absolute Gasteiger partial charge is 0.478 e. The van der Waals surface area contributed by atoms with Crippen molar-refractivity contribution in [2.24, 2.45) is 0 Å². The van der Waals surface area contributed by atoms with E-state index in [1.165, 1.54) is 185 Å². The van der Waals surface area contributed by atoms with Gasteiger partial charge in [0.15, 0.2) is 0 Å². The minimum absolute atomic E-state index is 0.00117. The van der Waals surface area contributed by atoms with Crippen LogP contribution in [0.2, 0.25) is 0 Å². The lowest BCUT2D eigenvalue weighted by Gasteiger charge is -2.08.